The van der Waals surface area contributed by atoms with Crippen molar-refractivity contribution in [1.82, 2.24) is 25.1 Å². The molecule has 1 unspecified atom stereocenters. The molecule has 2 N–H and O–H groups in total. The highest BCUT2D eigenvalue weighted by Crippen LogP contribution is 2.22. The Kier molecular flexibility index (Phi) is 7.89. The molecule has 9 heteroatoms. The van der Waals surface area contributed by atoms with Crippen LogP contribution in [0, 0.1) is 4.77 Å². The van der Waals surface area contributed by atoms with Gasteiger partial charge in [-0.3, -0.25) is 19.4 Å². The monoisotopic (exact) mass is 489 g/mol. The summed E-state index contributed by atoms with van der Waals surface area (Å²) >= 11 is 5.38. The van der Waals surface area contributed by atoms with Crippen molar-refractivity contribution < 1.29 is 14.3 Å². The molecule has 0 spiro atoms. The van der Waals surface area contributed by atoms with Crippen molar-refractivity contribution in [2.75, 3.05) is 7.11 Å². The summed E-state index contributed by atoms with van der Waals surface area (Å²) in [4.78, 5) is 17.0. The van der Waals surface area contributed by atoms with E-state index in [1.807, 2.05) is 78.2 Å². The Labute approximate surface area is 209 Å². The van der Waals surface area contributed by atoms with Gasteiger partial charge in [-0.1, -0.05) is 18.2 Å². The van der Waals surface area contributed by atoms with Gasteiger partial charge in [-0.2, -0.15) is 5.10 Å². The van der Waals surface area contributed by atoms with Crippen molar-refractivity contribution in [3.05, 3.63) is 89.0 Å². The van der Waals surface area contributed by atoms with E-state index in [0.29, 0.717) is 23.7 Å². The summed E-state index contributed by atoms with van der Waals surface area (Å²) in [6.45, 7) is 2.73. The van der Waals surface area contributed by atoms with Crippen LogP contribution in [0.4, 0.5) is 0 Å². The summed E-state index contributed by atoms with van der Waals surface area (Å²) in [7, 11) is 1.62. The van der Waals surface area contributed by atoms with E-state index in [1.165, 1.54) is 0 Å². The number of hydrogen-bond acceptors (Lipinski definition) is 6. The molecule has 0 saturated heterocycles. The van der Waals surface area contributed by atoms with Crippen molar-refractivity contribution in [3.8, 4) is 22.9 Å². The lowest BCUT2D eigenvalue weighted by atomic mass is 10.1. The van der Waals surface area contributed by atoms with Crippen LogP contribution in [-0.2, 0) is 17.9 Å². The molecule has 2 aromatic heterocycles. The van der Waals surface area contributed by atoms with Crippen molar-refractivity contribution in [1.29, 1.82) is 0 Å². The summed E-state index contributed by atoms with van der Waals surface area (Å²) in [6.07, 6.45) is 2.00. The highest BCUT2D eigenvalue weighted by Gasteiger charge is 2.14. The number of H-pyrrole nitrogens is 1. The largest absolute Gasteiger partial charge is 0.497 e. The molecule has 0 aliphatic carbocycles. The van der Waals surface area contributed by atoms with Crippen molar-refractivity contribution in [2.45, 2.75) is 32.5 Å². The van der Waals surface area contributed by atoms with Gasteiger partial charge in [0.15, 0.2) is 10.6 Å². The molecule has 8 nitrogen and oxygen atoms in total. The second-order valence-electron chi connectivity index (χ2n) is 7.95. The maximum Gasteiger partial charge on any atom is 0.222 e. The normalized spacial score (nSPS) is 11.6. The first-order valence-electron chi connectivity index (χ1n) is 11.2. The molecule has 0 aliphatic heterocycles. The lowest BCUT2D eigenvalue weighted by Crippen LogP contribution is -2.27. The van der Waals surface area contributed by atoms with E-state index in [-0.39, 0.29) is 18.4 Å². The molecular weight excluding hydrogens is 462 g/mol. The highest BCUT2D eigenvalue weighted by atomic mass is 32.1. The third-order valence-electron chi connectivity index (χ3n) is 5.52. The van der Waals surface area contributed by atoms with Gasteiger partial charge in [0.05, 0.1) is 18.8 Å². The number of hydrogen-bond donors (Lipinski definition) is 2. The van der Waals surface area contributed by atoms with E-state index in [4.69, 9.17) is 21.7 Å². The summed E-state index contributed by atoms with van der Waals surface area (Å²) in [5, 5.41) is 10.2. The quantitative estimate of drug-likeness (QED) is 0.309. The zero-order chi connectivity index (χ0) is 24.6. The molecule has 4 rings (SSSR count). The number of aromatic nitrogens is 4. The fourth-order valence-corrected chi connectivity index (χ4v) is 3.83. The molecule has 2 heterocycles. The molecule has 0 fully saturated rings. The van der Waals surface area contributed by atoms with Crippen LogP contribution < -0.4 is 14.8 Å². The first kappa shape index (κ1) is 24.2. The molecule has 2 aromatic carbocycles. The molecule has 0 aliphatic rings. The summed E-state index contributed by atoms with van der Waals surface area (Å²) in [5.41, 5.74) is 2.69. The summed E-state index contributed by atoms with van der Waals surface area (Å²) in [5.74, 6) is 2.08. The number of rotatable bonds is 10. The second kappa shape index (κ2) is 11.4. The molecular formula is C26H27N5O3S. The molecule has 180 valence electrons. The van der Waals surface area contributed by atoms with Gasteiger partial charge in [0.1, 0.15) is 18.1 Å². The van der Waals surface area contributed by atoms with E-state index >= 15 is 0 Å². The van der Waals surface area contributed by atoms with Crippen LogP contribution in [0.5, 0.6) is 11.5 Å². The van der Waals surface area contributed by atoms with Gasteiger partial charge in [0, 0.05) is 24.7 Å². The molecule has 35 heavy (non-hydrogen) atoms. The van der Waals surface area contributed by atoms with Gasteiger partial charge in [-0.05, 0) is 73.2 Å². The van der Waals surface area contributed by atoms with E-state index in [1.54, 1.807) is 13.3 Å². The Bertz CT molecular complexity index is 1320. The number of ether oxygens (including phenoxy) is 2. The minimum absolute atomic E-state index is 0.0823. The van der Waals surface area contributed by atoms with Gasteiger partial charge in [-0.25, -0.2) is 0 Å². The van der Waals surface area contributed by atoms with Crippen LogP contribution in [0.1, 0.15) is 30.6 Å². The molecule has 4 aromatic rings. The van der Waals surface area contributed by atoms with Crippen LogP contribution >= 0.6 is 12.2 Å². The molecule has 0 saturated carbocycles. The minimum Gasteiger partial charge on any atom is -0.497 e. The lowest BCUT2D eigenvalue weighted by molar-refractivity contribution is -0.121. The summed E-state index contributed by atoms with van der Waals surface area (Å²) < 4.78 is 13.4. The average molecular weight is 490 g/mol. The van der Waals surface area contributed by atoms with Crippen molar-refractivity contribution in [3.63, 3.8) is 0 Å². The van der Waals surface area contributed by atoms with Crippen LogP contribution in [0.2, 0.25) is 0 Å². The van der Waals surface area contributed by atoms with Crippen molar-refractivity contribution >= 4 is 18.1 Å². The van der Waals surface area contributed by atoms with Gasteiger partial charge >= 0.3 is 0 Å². The fourth-order valence-electron chi connectivity index (χ4n) is 3.61. The minimum atomic E-state index is -0.181. The van der Waals surface area contributed by atoms with Gasteiger partial charge in [0.25, 0.3) is 0 Å². The Balaban J connectivity index is 1.34. The Morgan fingerprint density at radius 1 is 1.11 bits per heavy atom. The van der Waals surface area contributed by atoms with Crippen molar-refractivity contribution in [2.24, 2.45) is 0 Å². The van der Waals surface area contributed by atoms with E-state index < -0.39 is 0 Å². The zero-order valence-corrected chi connectivity index (χ0v) is 20.4. The van der Waals surface area contributed by atoms with Crippen LogP contribution in [0.3, 0.4) is 0 Å². The number of amides is 1. The zero-order valence-electron chi connectivity index (χ0n) is 19.6. The number of methoxy groups -OCH3 is 1. The Morgan fingerprint density at radius 2 is 1.94 bits per heavy atom. The van der Waals surface area contributed by atoms with Gasteiger partial charge < -0.3 is 14.8 Å². The fraction of sp³-hybridized carbons (Fsp3) is 0.231. The number of nitrogens with zero attached hydrogens (tertiary/aromatic N) is 3. The third kappa shape index (κ3) is 6.33. The Hall–Kier alpha value is -3.98. The van der Waals surface area contributed by atoms with Crippen LogP contribution in [0.15, 0.2) is 72.9 Å². The standard InChI is InChI=1S/C26H27N5O3S/c1-18(20-6-5-8-23(16-20)34-17-21-7-3-4-14-27-21)28-24(32)13-15-31-25(29-30-26(31)35)19-9-11-22(33-2)12-10-19/h3-12,14,16,18H,13,15,17H2,1-2H3,(H,28,32)(H,30,35). The molecule has 1 atom stereocenters. The molecule has 0 radical (unpaired) electrons. The third-order valence-corrected chi connectivity index (χ3v) is 5.83. The van der Waals surface area contributed by atoms with Crippen LogP contribution in [0.25, 0.3) is 11.4 Å². The second-order valence-corrected chi connectivity index (χ2v) is 8.34. The number of nitrogens with one attached hydrogen (secondary N) is 2. The maximum atomic E-state index is 12.7. The summed E-state index contributed by atoms with van der Waals surface area (Å²) in [6, 6.07) is 20.8. The van der Waals surface area contributed by atoms with E-state index in [0.717, 1.165) is 28.3 Å². The smallest absolute Gasteiger partial charge is 0.222 e. The Morgan fingerprint density at radius 3 is 2.69 bits per heavy atom. The molecule has 0 bridgehead atoms. The lowest BCUT2D eigenvalue weighted by Gasteiger charge is -2.16. The molecule has 1 amide bonds. The topological polar surface area (TPSA) is 94.1 Å². The number of pyridine rings is 1. The number of carbonyl (C=O) groups excluding carboxylic acids is 1. The number of benzene rings is 2. The SMILES string of the molecule is COc1ccc(-c2n[nH]c(=S)n2CCC(=O)NC(C)c2cccc(OCc3ccccn3)c2)cc1. The first-order chi connectivity index (χ1) is 17.0. The number of aromatic amines is 1. The van der Waals surface area contributed by atoms with E-state index in [9.17, 15) is 4.79 Å². The van der Waals surface area contributed by atoms with Crippen LogP contribution in [-0.4, -0.2) is 32.8 Å². The predicted molar refractivity (Wildman–Crippen MR) is 136 cm³/mol. The highest BCUT2D eigenvalue weighted by molar-refractivity contribution is 7.71. The predicted octanol–water partition coefficient (Wildman–Crippen LogP) is 4.86. The van der Waals surface area contributed by atoms with E-state index in [2.05, 4.69) is 20.5 Å². The number of carbonyl (C=O) groups is 1. The maximum absolute atomic E-state index is 12.7. The first-order valence-corrected chi connectivity index (χ1v) is 11.7. The van der Waals surface area contributed by atoms with Gasteiger partial charge in [0.2, 0.25) is 5.91 Å². The van der Waals surface area contributed by atoms with Gasteiger partial charge in [-0.15, -0.1) is 0 Å². The average Bonchev–Trinajstić information content (AvgIpc) is 3.27.